The fourth-order valence-electron chi connectivity index (χ4n) is 1.43. The van der Waals surface area contributed by atoms with Crippen molar-refractivity contribution in [1.82, 2.24) is 10.2 Å². The molecule has 0 saturated heterocycles. The lowest BCUT2D eigenvalue weighted by Crippen LogP contribution is -2.36. The minimum absolute atomic E-state index is 0.208. The summed E-state index contributed by atoms with van der Waals surface area (Å²) in [4.78, 5) is 2.34. The van der Waals surface area contributed by atoms with Crippen LogP contribution in [0, 0.1) is 0 Å². The van der Waals surface area contributed by atoms with E-state index in [1.54, 1.807) is 0 Å². The Morgan fingerprint density at radius 3 is 2.53 bits per heavy atom. The average molecular weight is 218 g/mol. The van der Waals surface area contributed by atoms with Gasteiger partial charge in [0.15, 0.2) is 0 Å². The summed E-state index contributed by atoms with van der Waals surface area (Å²) in [5.74, 6) is 0. The van der Waals surface area contributed by atoms with Gasteiger partial charge in [0.1, 0.15) is 0 Å². The number of nitrogens with one attached hydrogen (secondary N) is 1. The average Bonchev–Trinajstić information content (AvgIpc) is 2.28. The van der Waals surface area contributed by atoms with Crippen molar-refractivity contribution < 1.29 is 9.84 Å². The minimum Gasteiger partial charge on any atom is -0.395 e. The summed E-state index contributed by atoms with van der Waals surface area (Å²) in [6.07, 6.45) is 0.979. The van der Waals surface area contributed by atoms with Crippen molar-refractivity contribution in [2.45, 2.75) is 26.3 Å². The molecular weight excluding hydrogens is 192 g/mol. The summed E-state index contributed by atoms with van der Waals surface area (Å²) in [6, 6.07) is 0.214. The summed E-state index contributed by atoms with van der Waals surface area (Å²) in [5, 5.41) is 12.1. The molecule has 0 fully saturated rings. The smallest absolute Gasteiger partial charge is 0.0593 e. The van der Waals surface area contributed by atoms with Gasteiger partial charge in [-0.1, -0.05) is 6.92 Å². The molecule has 0 spiro atoms. The Morgan fingerprint density at radius 1 is 1.33 bits per heavy atom. The Morgan fingerprint density at radius 2 is 2.07 bits per heavy atom. The van der Waals surface area contributed by atoms with Gasteiger partial charge in [0.2, 0.25) is 0 Å². The summed E-state index contributed by atoms with van der Waals surface area (Å²) < 4.78 is 5.32. The zero-order valence-corrected chi connectivity index (χ0v) is 10.3. The highest BCUT2D eigenvalue weighted by Gasteiger charge is 2.07. The quantitative estimate of drug-likeness (QED) is 0.518. The van der Waals surface area contributed by atoms with Crippen molar-refractivity contribution in [3.8, 4) is 0 Å². The predicted octanol–water partition coefficient (Wildman–Crippen LogP) is 0.315. The highest BCUT2D eigenvalue weighted by atomic mass is 16.5. The van der Waals surface area contributed by atoms with Crippen molar-refractivity contribution in [3.05, 3.63) is 0 Å². The van der Waals surface area contributed by atoms with Gasteiger partial charge in [-0.05, 0) is 33.5 Å². The standard InChI is InChI=1S/C11H26N2O2/c1-4-13(8-9-15-5-2)7-6-11(10-14)12-3/h11-12,14H,4-10H2,1-3H3. The molecule has 1 unspecified atom stereocenters. The van der Waals surface area contributed by atoms with Crippen molar-refractivity contribution in [1.29, 1.82) is 0 Å². The molecule has 4 heteroatoms. The summed E-state index contributed by atoms with van der Waals surface area (Å²) in [6.45, 7) is 8.98. The van der Waals surface area contributed by atoms with Crippen LogP contribution in [0.5, 0.6) is 0 Å². The highest BCUT2D eigenvalue weighted by Crippen LogP contribution is 1.96. The molecule has 0 aromatic heterocycles. The Bertz CT molecular complexity index is 130. The topological polar surface area (TPSA) is 44.7 Å². The summed E-state index contributed by atoms with van der Waals surface area (Å²) in [7, 11) is 1.89. The third-order valence-corrected chi connectivity index (χ3v) is 2.63. The molecule has 0 radical (unpaired) electrons. The van der Waals surface area contributed by atoms with Gasteiger partial charge in [0.05, 0.1) is 13.2 Å². The molecule has 0 aliphatic heterocycles. The second-order valence-corrected chi connectivity index (χ2v) is 3.59. The third kappa shape index (κ3) is 7.73. The van der Waals surface area contributed by atoms with E-state index >= 15 is 0 Å². The van der Waals surface area contributed by atoms with Gasteiger partial charge in [-0.25, -0.2) is 0 Å². The molecule has 1 atom stereocenters. The third-order valence-electron chi connectivity index (χ3n) is 2.63. The maximum atomic E-state index is 9.02. The van der Waals surface area contributed by atoms with E-state index in [0.717, 1.165) is 39.3 Å². The Kier molecular flexibility index (Phi) is 10.3. The van der Waals surface area contributed by atoms with Gasteiger partial charge in [-0.3, -0.25) is 0 Å². The SMILES string of the molecule is CCOCCN(CC)CCC(CO)NC. The maximum Gasteiger partial charge on any atom is 0.0593 e. The molecule has 0 aromatic carbocycles. The molecular formula is C11H26N2O2. The zero-order valence-electron chi connectivity index (χ0n) is 10.3. The van der Waals surface area contributed by atoms with Gasteiger partial charge in [-0.2, -0.15) is 0 Å². The van der Waals surface area contributed by atoms with Crippen molar-refractivity contribution in [2.24, 2.45) is 0 Å². The number of hydrogen-bond donors (Lipinski definition) is 2. The second kappa shape index (κ2) is 10.4. The first-order valence-electron chi connectivity index (χ1n) is 5.86. The Hall–Kier alpha value is -0.160. The second-order valence-electron chi connectivity index (χ2n) is 3.59. The first-order chi connectivity index (χ1) is 7.28. The maximum absolute atomic E-state index is 9.02. The fraction of sp³-hybridized carbons (Fsp3) is 1.00. The number of ether oxygens (including phenoxy) is 1. The molecule has 0 rings (SSSR count). The molecule has 0 aliphatic carbocycles. The van der Waals surface area contributed by atoms with Crippen LogP contribution in [-0.4, -0.2) is 62.6 Å². The zero-order chi connectivity index (χ0) is 11.5. The van der Waals surface area contributed by atoms with Crippen molar-refractivity contribution >= 4 is 0 Å². The molecule has 15 heavy (non-hydrogen) atoms. The van der Waals surface area contributed by atoms with Gasteiger partial charge in [0, 0.05) is 19.2 Å². The fourth-order valence-corrected chi connectivity index (χ4v) is 1.43. The largest absolute Gasteiger partial charge is 0.395 e. The van der Waals surface area contributed by atoms with Gasteiger partial charge < -0.3 is 20.1 Å². The van der Waals surface area contributed by atoms with Crippen LogP contribution in [0.4, 0.5) is 0 Å². The number of aliphatic hydroxyl groups excluding tert-OH is 1. The van der Waals surface area contributed by atoms with Crippen LogP contribution in [0.25, 0.3) is 0 Å². The molecule has 0 saturated carbocycles. The first kappa shape index (κ1) is 14.8. The summed E-state index contributed by atoms with van der Waals surface area (Å²) >= 11 is 0. The minimum atomic E-state index is 0.208. The molecule has 2 N–H and O–H groups in total. The van der Waals surface area contributed by atoms with E-state index in [2.05, 4.69) is 17.1 Å². The molecule has 0 aromatic rings. The van der Waals surface area contributed by atoms with E-state index in [1.165, 1.54) is 0 Å². The van der Waals surface area contributed by atoms with E-state index in [-0.39, 0.29) is 12.6 Å². The Balaban J connectivity index is 3.59. The van der Waals surface area contributed by atoms with E-state index in [4.69, 9.17) is 9.84 Å². The van der Waals surface area contributed by atoms with Crippen LogP contribution < -0.4 is 5.32 Å². The number of likely N-dealkylation sites (N-methyl/N-ethyl adjacent to an activating group) is 2. The first-order valence-corrected chi connectivity index (χ1v) is 5.86. The van der Waals surface area contributed by atoms with Gasteiger partial charge in [0.25, 0.3) is 0 Å². The van der Waals surface area contributed by atoms with E-state index < -0.39 is 0 Å². The van der Waals surface area contributed by atoms with Crippen LogP contribution in [-0.2, 0) is 4.74 Å². The lowest BCUT2D eigenvalue weighted by molar-refractivity contribution is 0.112. The Labute approximate surface area is 93.6 Å². The molecule has 0 aliphatic rings. The number of rotatable bonds is 10. The number of nitrogens with zero attached hydrogens (tertiary/aromatic N) is 1. The number of hydrogen-bond acceptors (Lipinski definition) is 4. The molecule has 0 heterocycles. The van der Waals surface area contributed by atoms with E-state index in [9.17, 15) is 0 Å². The van der Waals surface area contributed by atoms with Gasteiger partial charge in [-0.15, -0.1) is 0 Å². The van der Waals surface area contributed by atoms with Crippen LogP contribution in [0.3, 0.4) is 0 Å². The molecule has 0 bridgehead atoms. The lowest BCUT2D eigenvalue weighted by atomic mass is 10.2. The van der Waals surface area contributed by atoms with Crippen LogP contribution in [0.2, 0.25) is 0 Å². The molecule has 0 amide bonds. The predicted molar refractivity (Wildman–Crippen MR) is 63.2 cm³/mol. The normalized spacial score (nSPS) is 13.4. The molecule has 92 valence electrons. The highest BCUT2D eigenvalue weighted by molar-refractivity contribution is 4.66. The van der Waals surface area contributed by atoms with E-state index in [1.807, 2.05) is 14.0 Å². The van der Waals surface area contributed by atoms with Crippen molar-refractivity contribution in [2.75, 3.05) is 46.5 Å². The lowest BCUT2D eigenvalue weighted by Gasteiger charge is -2.22. The van der Waals surface area contributed by atoms with Crippen molar-refractivity contribution in [3.63, 3.8) is 0 Å². The van der Waals surface area contributed by atoms with Crippen LogP contribution in [0.15, 0.2) is 0 Å². The van der Waals surface area contributed by atoms with Gasteiger partial charge >= 0.3 is 0 Å². The van der Waals surface area contributed by atoms with Crippen LogP contribution in [0.1, 0.15) is 20.3 Å². The number of aliphatic hydroxyl groups is 1. The molecule has 4 nitrogen and oxygen atoms in total. The monoisotopic (exact) mass is 218 g/mol. The van der Waals surface area contributed by atoms with Crippen LogP contribution >= 0.6 is 0 Å². The van der Waals surface area contributed by atoms with E-state index in [0.29, 0.717) is 0 Å². The summed E-state index contributed by atoms with van der Waals surface area (Å²) in [5.41, 5.74) is 0.